The van der Waals surface area contributed by atoms with Crippen LogP contribution in [-0.2, 0) is 0 Å². The molecule has 24 heavy (non-hydrogen) atoms. The van der Waals surface area contributed by atoms with Gasteiger partial charge in [-0.15, -0.1) is 0 Å². The summed E-state index contributed by atoms with van der Waals surface area (Å²) in [5.74, 6) is 2.92. The number of nitrogens with zero attached hydrogens (tertiary/aromatic N) is 1. The van der Waals surface area contributed by atoms with Crippen LogP contribution in [0.1, 0.15) is 12.5 Å². The minimum absolute atomic E-state index is 0.415. The Balaban J connectivity index is 2.03. The molecule has 0 aliphatic rings. The molecular weight excluding hydrogens is 302 g/mol. The number of ether oxygens (including phenoxy) is 3. The third kappa shape index (κ3) is 3.66. The zero-order chi connectivity index (χ0) is 16.8. The van der Waals surface area contributed by atoms with Crippen molar-refractivity contribution in [2.75, 3.05) is 6.61 Å². The van der Waals surface area contributed by atoms with Gasteiger partial charge in [-0.05, 0) is 38.1 Å². The molecule has 4 nitrogen and oxygen atoms in total. The van der Waals surface area contributed by atoms with E-state index in [-0.39, 0.29) is 0 Å². The molecular formula is C20H19NO3. The van der Waals surface area contributed by atoms with Gasteiger partial charge in [0.15, 0.2) is 5.75 Å². The average Bonchev–Trinajstić information content (AvgIpc) is 2.62. The van der Waals surface area contributed by atoms with E-state index in [1.165, 1.54) is 0 Å². The average molecular weight is 321 g/mol. The van der Waals surface area contributed by atoms with Gasteiger partial charge in [-0.1, -0.05) is 36.4 Å². The molecule has 0 aliphatic carbocycles. The Morgan fingerprint density at radius 3 is 1.88 bits per heavy atom. The van der Waals surface area contributed by atoms with Gasteiger partial charge in [-0.2, -0.15) is 0 Å². The van der Waals surface area contributed by atoms with Gasteiger partial charge in [0.2, 0.25) is 5.75 Å². The summed E-state index contributed by atoms with van der Waals surface area (Å²) >= 11 is 0. The molecule has 4 heteroatoms. The highest BCUT2D eigenvalue weighted by atomic mass is 16.5. The number of para-hydroxylation sites is 2. The molecule has 122 valence electrons. The molecule has 0 unspecified atom stereocenters. The Hall–Kier alpha value is -3.01. The third-order valence-electron chi connectivity index (χ3n) is 3.34. The molecule has 0 N–H and O–H groups in total. The van der Waals surface area contributed by atoms with E-state index in [1.807, 2.05) is 74.5 Å². The lowest BCUT2D eigenvalue weighted by atomic mass is 10.2. The van der Waals surface area contributed by atoms with Crippen molar-refractivity contribution in [3.05, 3.63) is 72.4 Å². The molecule has 0 fully saturated rings. The molecule has 0 bridgehead atoms. The molecule has 2 aromatic carbocycles. The van der Waals surface area contributed by atoms with Gasteiger partial charge in [0, 0.05) is 11.8 Å². The van der Waals surface area contributed by atoms with Crippen LogP contribution >= 0.6 is 0 Å². The number of hydrogen-bond acceptors (Lipinski definition) is 4. The molecule has 3 aromatic rings. The predicted octanol–water partition coefficient (Wildman–Crippen LogP) is 5.37. The van der Waals surface area contributed by atoms with Gasteiger partial charge >= 0.3 is 0 Å². The fourth-order valence-electron chi connectivity index (χ4n) is 2.22. The summed E-state index contributed by atoms with van der Waals surface area (Å²) in [6.07, 6.45) is 1.72. The van der Waals surface area contributed by atoms with Gasteiger partial charge in [-0.3, -0.25) is 0 Å². The molecule has 0 aliphatic heterocycles. The van der Waals surface area contributed by atoms with Crippen molar-refractivity contribution in [3.63, 3.8) is 0 Å². The highest BCUT2D eigenvalue weighted by molar-refractivity contribution is 5.54. The summed E-state index contributed by atoms with van der Waals surface area (Å²) in [5.41, 5.74) is 0.869. The molecule has 1 aromatic heterocycles. The van der Waals surface area contributed by atoms with E-state index in [4.69, 9.17) is 14.2 Å². The van der Waals surface area contributed by atoms with Crippen molar-refractivity contribution in [2.45, 2.75) is 13.8 Å². The maximum Gasteiger partial charge on any atom is 0.261 e. The fraction of sp³-hybridized carbons (Fsp3) is 0.150. The second kappa shape index (κ2) is 7.51. The van der Waals surface area contributed by atoms with E-state index in [0.29, 0.717) is 29.7 Å². The van der Waals surface area contributed by atoms with Crippen molar-refractivity contribution >= 4 is 0 Å². The summed E-state index contributed by atoms with van der Waals surface area (Å²) in [7, 11) is 0. The molecule has 0 radical (unpaired) electrons. The Kier molecular flexibility index (Phi) is 4.96. The van der Waals surface area contributed by atoms with Gasteiger partial charge in [0.25, 0.3) is 5.88 Å². The van der Waals surface area contributed by atoms with E-state index in [1.54, 1.807) is 6.20 Å². The number of aryl methyl sites for hydroxylation is 1. The molecule has 0 atom stereocenters. The second-order valence-electron chi connectivity index (χ2n) is 5.17. The van der Waals surface area contributed by atoms with Gasteiger partial charge < -0.3 is 14.2 Å². The number of hydrogen-bond donors (Lipinski definition) is 0. The van der Waals surface area contributed by atoms with Crippen LogP contribution in [-0.4, -0.2) is 11.6 Å². The SMILES string of the molecule is CCOc1ncc(C)c(Oc2ccccc2)c1Oc1ccccc1. The van der Waals surface area contributed by atoms with Crippen LogP contribution < -0.4 is 14.2 Å². The quantitative estimate of drug-likeness (QED) is 0.611. The number of pyridine rings is 1. The number of benzene rings is 2. The minimum Gasteiger partial charge on any atom is -0.475 e. The lowest BCUT2D eigenvalue weighted by Gasteiger charge is -2.17. The molecule has 0 spiro atoms. The van der Waals surface area contributed by atoms with Crippen LogP contribution in [0.2, 0.25) is 0 Å². The van der Waals surface area contributed by atoms with Crippen LogP contribution in [0.4, 0.5) is 0 Å². The van der Waals surface area contributed by atoms with E-state index < -0.39 is 0 Å². The standard InChI is InChI=1S/C20H19NO3/c1-3-22-20-19(24-17-12-8-5-9-13-17)18(15(2)14-21-20)23-16-10-6-4-7-11-16/h4-14H,3H2,1-2H3. The molecule has 0 saturated carbocycles. The summed E-state index contributed by atoms with van der Waals surface area (Å²) in [5, 5.41) is 0. The maximum atomic E-state index is 6.05. The Bertz CT molecular complexity index is 789. The fourth-order valence-corrected chi connectivity index (χ4v) is 2.22. The van der Waals surface area contributed by atoms with Crippen molar-refractivity contribution in [3.8, 4) is 28.9 Å². The maximum absolute atomic E-state index is 6.05. The van der Waals surface area contributed by atoms with Crippen molar-refractivity contribution < 1.29 is 14.2 Å². The Labute approximate surface area is 141 Å². The van der Waals surface area contributed by atoms with Crippen LogP contribution in [0, 0.1) is 6.92 Å². The third-order valence-corrected chi connectivity index (χ3v) is 3.34. The van der Waals surface area contributed by atoms with Crippen molar-refractivity contribution in [2.24, 2.45) is 0 Å². The van der Waals surface area contributed by atoms with Gasteiger partial charge in [0.05, 0.1) is 6.61 Å². The van der Waals surface area contributed by atoms with Crippen molar-refractivity contribution in [1.82, 2.24) is 4.98 Å². The Morgan fingerprint density at radius 1 is 0.792 bits per heavy atom. The normalized spacial score (nSPS) is 10.2. The summed E-state index contributed by atoms with van der Waals surface area (Å²) < 4.78 is 17.7. The minimum atomic E-state index is 0.415. The topological polar surface area (TPSA) is 40.6 Å². The highest BCUT2D eigenvalue weighted by Gasteiger charge is 2.19. The van der Waals surface area contributed by atoms with Crippen molar-refractivity contribution in [1.29, 1.82) is 0 Å². The first-order chi connectivity index (χ1) is 11.8. The van der Waals surface area contributed by atoms with E-state index in [0.717, 1.165) is 11.3 Å². The Morgan fingerprint density at radius 2 is 1.33 bits per heavy atom. The first kappa shape index (κ1) is 15.9. The molecule has 3 rings (SSSR count). The summed E-state index contributed by atoms with van der Waals surface area (Å²) in [6, 6.07) is 19.1. The highest BCUT2D eigenvalue weighted by Crippen LogP contribution is 2.43. The van der Waals surface area contributed by atoms with Gasteiger partial charge in [0.1, 0.15) is 11.5 Å². The monoisotopic (exact) mass is 321 g/mol. The summed E-state index contributed by atoms with van der Waals surface area (Å²) in [6.45, 7) is 4.33. The lowest BCUT2D eigenvalue weighted by Crippen LogP contribution is -2.01. The lowest BCUT2D eigenvalue weighted by molar-refractivity contribution is 0.301. The molecule has 1 heterocycles. The first-order valence-electron chi connectivity index (χ1n) is 7.86. The van der Waals surface area contributed by atoms with E-state index in [9.17, 15) is 0 Å². The number of aromatic nitrogens is 1. The van der Waals surface area contributed by atoms with Crippen LogP contribution in [0.25, 0.3) is 0 Å². The zero-order valence-electron chi connectivity index (χ0n) is 13.7. The van der Waals surface area contributed by atoms with E-state index in [2.05, 4.69) is 4.98 Å². The second-order valence-corrected chi connectivity index (χ2v) is 5.17. The molecule has 0 saturated heterocycles. The first-order valence-corrected chi connectivity index (χ1v) is 7.86. The number of rotatable bonds is 6. The van der Waals surface area contributed by atoms with E-state index >= 15 is 0 Å². The predicted molar refractivity (Wildman–Crippen MR) is 93.2 cm³/mol. The largest absolute Gasteiger partial charge is 0.475 e. The van der Waals surface area contributed by atoms with Gasteiger partial charge in [-0.25, -0.2) is 4.98 Å². The van der Waals surface area contributed by atoms with Crippen LogP contribution in [0.3, 0.4) is 0 Å². The van der Waals surface area contributed by atoms with Crippen LogP contribution in [0.5, 0.6) is 28.9 Å². The molecule has 0 amide bonds. The summed E-state index contributed by atoms with van der Waals surface area (Å²) in [4.78, 5) is 4.34. The smallest absolute Gasteiger partial charge is 0.261 e. The van der Waals surface area contributed by atoms with Crippen LogP contribution in [0.15, 0.2) is 66.9 Å². The zero-order valence-corrected chi connectivity index (χ0v) is 13.7.